The van der Waals surface area contributed by atoms with E-state index >= 15 is 0 Å². The highest BCUT2D eigenvalue weighted by Gasteiger charge is 2.19. The Kier molecular flexibility index (Phi) is 4.43. The molecule has 1 unspecified atom stereocenters. The van der Waals surface area contributed by atoms with E-state index in [4.69, 9.17) is 11.6 Å². The van der Waals surface area contributed by atoms with Crippen LogP contribution in [0.3, 0.4) is 0 Å². The van der Waals surface area contributed by atoms with E-state index in [1.165, 1.54) is 0 Å². The SMILES string of the molecule is CCn1ccnc1C(NC)c1cc(Cl)ccc1Br. The molecule has 0 aliphatic heterocycles. The molecule has 1 aromatic carbocycles. The van der Waals surface area contributed by atoms with Crippen molar-refractivity contribution in [2.45, 2.75) is 19.5 Å². The third-order valence-corrected chi connectivity index (χ3v) is 3.86. The molecule has 18 heavy (non-hydrogen) atoms. The van der Waals surface area contributed by atoms with Crippen LogP contribution in [0.15, 0.2) is 35.1 Å². The van der Waals surface area contributed by atoms with Gasteiger partial charge in [-0.3, -0.25) is 0 Å². The standard InChI is InChI=1S/C13H15BrClN3/c1-3-18-7-6-17-13(18)12(16-2)10-8-9(15)4-5-11(10)14/h4-8,12,16H,3H2,1-2H3. The number of halogens is 2. The summed E-state index contributed by atoms with van der Waals surface area (Å²) in [6.07, 6.45) is 3.81. The van der Waals surface area contributed by atoms with Crippen LogP contribution in [0.4, 0.5) is 0 Å². The van der Waals surface area contributed by atoms with Crippen molar-refractivity contribution >= 4 is 27.5 Å². The lowest BCUT2D eigenvalue weighted by Gasteiger charge is -2.19. The smallest absolute Gasteiger partial charge is 0.130 e. The Labute approximate surface area is 120 Å². The molecule has 96 valence electrons. The van der Waals surface area contributed by atoms with E-state index in [-0.39, 0.29) is 6.04 Å². The van der Waals surface area contributed by atoms with Crippen molar-refractivity contribution in [3.63, 3.8) is 0 Å². The highest BCUT2D eigenvalue weighted by Crippen LogP contribution is 2.30. The Morgan fingerprint density at radius 2 is 2.28 bits per heavy atom. The van der Waals surface area contributed by atoms with E-state index in [2.05, 4.69) is 37.7 Å². The van der Waals surface area contributed by atoms with E-state index in [1.807, 2.05) is 37.6 Å². The Bertz CT molecular complexity index is 539. The van der Waals surface area contributed by atoms with E-state index < -0.39 is 0 Å². The summed E-state index contributed by atoms with van der Waals surface area (Å²) in [4.78, 5) is 4.44. The molecule has 0 aliphatic rings. The van der Waals surface area contributed by atoms with Gasteiger partial charge in [-0.25, -0.2) is 4.98 Å². The third-order valence-electron chi connectivity index (χ3n) is 2.90. The van der Waals surface area contributed by atoms with E-state index in [0.717, 1.165) is 27.4 Å². The molecule has 0 saturated heterocycles. The van der Waals surface area contributed by atoms with Gasteiger partial charge < -0.3 is 9.88 Å². The fourth-order valence-corrected chi connectivity index (χ4v) is 2.66. The number of aromatic nitrogens is 2. The fourth-order valence-electron chi connectivity index (χ4n) is 2.01. The molecule has 1 N–H and O–H groups in total. The maximum atomic E-state index is 6.08. The summed E-state index contributed by atoms with van der Waals surface area (Å²) in [6, 6.07) is 5.81. The lowest BCUT2D eigenvalue weighted by Crippen LogP contribution is -2.22. The lowest BCUT2D eigenvalue weighted by molar-refractivity contribution is 0.589. The van der Waals surface area contributed by atoms with Crippen LogP contribution < -0.4 is 5.32 Å². The molecular formula is C13H15BrClN3. The van der Waals surface area contributed by atoms with Gasteiger partial charge in [-0.2, -0.15) is 0 Å². The number of nitrogens with one attached hydrogen (secondary N) is 1. The van der Waals surface area contributed by atoms with Crippen molar-refractivity contribution in [3.05, 3.63) is 51.5 Å². The van der Waals surface area contributed by atoms with Crippen LogP contribution in [-0.4, -0.2) is 16.6 Å². The van der Waals surface area contributed by atoms with Crippen molar-refractivity contribution in [2.24, 2.45) is 0 Å². The first kappa shape index (κ1) is 13.6. The first-order chi connectivity index (χ1) is 8.67. The molecule has 1 aromatic heterocycles. The minimum absolute atomic E-state index is 0.0213. The summed E-state index contributed by atoms with van der Waals surface area (Å²) >= 11 is 9.65. The molecule has 0 spiro atoms. The van der Waals surface area contributed by atoms with Gasteiger partial charge in [0.15, 0.2) is 0 Å². The van der Waals surface area contributed by atoms with Gasteiger partial charge in [-0.15, -0.1) is 0 Å². The zero-order chi connectivity index (χ0) is 13.1. The molecule has 0 fully saturated rings. The molecule has 2 rings (SSSR count). The van der Waals surface area contributed by atoms with Crippen LogP contribution in [0.5, 0.6) is 0 Å². The highest BCUT2D eigenvalue weighted by molar-refractivity contribution is 9.10. The minimum atomic E-state index is 0.0213. The molecule has 0 saturated carbocycles. The molecule has 0 amide bonds. The molecule has 2 aromatic rings. The van der Waals surface area contributed by atoms with Crippen molar-refractivity contribution in [2.75, 3.05) is 7.05 Å². The Morgan fingerprint density at radius 1 is 1.50 bits per heavy atom. The first-order valence-electron chi connectivity index (χ1n) is 5.80. The van der Waals surface area contributed by atoms with Gasteiger partial charge >= 0.3 is 0 Å². The molecular weight excluding hydrogens is 314 g/mol. The first-order valence-corrected chi connectivity index (χ1v) is 6.97. The van der Waals surface area contributed by atoms with Crippen LogP contribution in [0.25, 0.3) is 0 Å². The maximum Gasteiger partial charge on any atom is 0.130 e. The molecule has 3 nitrogen and oxygen atoms in total. The largest absolute Gasteiger partial charge is 0.334 e. The predicted octanol–water partition coefficient (Wildman–Crippen LogP) is 3.63. The van der Waals surface area contributed by atoms with Gasteiger partial charge in [-0.05, 0) is 37.7 Å². The van der Waals surface area contributed by atoms with Gasteiger partial charge in [-0.1, -0.05) is 27.5 Å². The third kappa shape index (κ3) is 2.60. The van der Waals surface area contributed by atoms with Crippen molar-refractivity contribution in [3.8, 4) is 0 Å². The van der Waals surface area contributed by atoms with E-state index in [9.17, 15) is 0 Å². The normalized spacial score (nSPS) is 12.7. The minimum Gasteiger partial charge on any atom is -0.334 e. The Balaban J connectivity index is 2.48. The van der Waals surface area contributed by atoms with Gasteiger partial charge in [0.25, 0.3) is 0 Å². The van der Waals surface area contributed by atoms with Gasteiger partial charge in [0.1, 0.15) is 5.82 Å². The summed E-state index contributed by atoms with van der Waals surface area (Å²) < 4.78 is 3.14. The maximum absolute atomic E-state index is 6.08. The quantitative estimate of drug-likeness (QED) is 0.929. The molecule has 1 atom stereocenters. The summed E-state index contributed by atoms with van der Waals surface area (Å²) in [7, 11) is 1.92. The van der Waals surface area contributed by atoms with Crippen LogP contribution in [-0.2, 0) is 6.54 Å². The van der Waals surface area contributed by atoms with Crippen LogP contribution >= 0.6 is 27.5 Å². The number of nitrogens with zero attached hydrogens (tertiary/aromatic N) is 2. The van der Waals surface area contributed by atoms with Gasteiger partial charge in [0.2, 0.25) is 0 Å². The average molecular weight is 329 g/mol. The summed E-state index contributed by atoms with van der Waals surface area (Å²) in [5, 5.41) is 4.02. The average Bonchev–Trinajstić information content (AvgIpc) is 2.83. The van der Waals surface area contributed by atoms with E-state index in [1.54, 1.807) is 0 Å². The molecule has 0 radical (unpaired) electrons. The lowest BCUT2D eigenvalue weighted by atomic mass is 10.1. The van der Waals surface area contributed by atoms with Crippen molar-refractivity contribution in [1.29, 1.82) is 0 Å². The zero-order valence-corrected chi connectivity index (χ0v) is 12.7. The second-order valence-electron chi connectivity index (χ2n) is 3.96. The summed E-state index contributed by atoms with van der Waals surface area (Å²) in [5.74, 6) is 0.989. The van der Waals surface area contributed by atoms with Gasteiger partial charge in [0.05, 0.1) is 6.04 Å². The van der Waals surface area contributed by atoms with E-state index in [0.29, 0.717) is 0 Å². The number of benzene rings is 1. The number of hydrogen-bond acceptors (Lipinski definition) is 2. The number of aryl methyl sites for hydroxylation is 1. The second-order valence-corrected chi connectivity index (χ2v) is 5.25. The predicted molar refractivity (Wildman–Crippen MR) is 78.0 cm³/mol. The topological polar surface area (TPSA) is 29.9 Å². The molecule has 0 aliphatic carbocycles. The number of imidazole rings is 1. The van der Waals surface area contributed by atoms with Crippen LogP contribution in [0.1, 0.15) is 24.4 Å². The van der Waals surface area contributed by atoms with Crippen LogP contribution in [0.2, 0.25) is 5.02 Å². The Hall–Kier alpha value is -0.840. The fraction of sp³-hybridized carbons (Fsp3) is 0.308. The second kappa shape index (κ2) is 5.87. The molecule has 1 heterocycles. The number of rotatable bonds is 4. The number of hydrogen-bond donors (Lipinski definition) is 1. The van der Waals surface area contributed by atoms with Gasteiger partial charge in [0, 0.05) is 28.4 Å². The van der Waals surface area contributed by atoms with Crippen LogP contribution in [0, 0.1) is 0 Å². The zero-order valence-electron chi connectivity index (χ0n) is 10.3. The Morgan fingerprint density at radius 3 is 2.94 bits per heavy atom. The highest BCUT2D eigenvalue weighted by atomic mass is 79.9. The molecule has 0 bridgehead atoms. The van der Waals surface area contributed by atoms with Crippen molar-refractivity contribution < 1.29 is 0 Å². The molecule has 5 heteroatoms. The summed E-state index contributed by atoms with van der Waals surface area (Å²) in [6.45, 7) is 3.00. The monoisotopic (exact) mass is 327 g/mol. The summed E-state index contributed by atoms with van der Waals surface area (Å²) in [5.41, 5.74) is 1.09. The van der Waals surface area contributed by atoms with Crippen molar-refractivity contribution in [1.82, 2.24) is 14.9 Å².